The number of hydrogen-bond acceptors (Lipinski definition) is 3. The summed E-state index contributed by atoms with van der Waals surface area (Å²) in [5.41, 5.74) is 2.49. The van der Waals surface area contributed by atoms with E-state index in [0.717, 1.165) is 11.3 Å². The van der Waals surface area contributed by atoms with E-state index in [-0.39, 0.29) is 5.41 Å². The molecule has 100 valence electrons. The van der Waals surface area contributed by atoms with Crippen molar-refractivity contribution in [3.63, 3.8) is 0 Å². The van der Waals surface area contributed by atoms with Crippen LogP contribution in [0.1, 0.15) is 36.7 Å². The standard InChI is InChI=1S/C12H15NO2.CH3IO/c1-7-12(2,3)9-6-8(11(14)15)4-5-10(9)13-7;1-3-2/h4-7,13H,1-3H3,(H,14,15);1H3. The number of nitrogens with one attached hydrogen (secondary N) is 1. The third-order valence-corrected chi connectivity index (χ3v) is 3.42. The first-order valence-electron chi connectivity index (χ1n) is 5.63. The van der Waals surface area contributed by atoms with Crippen LogP contribution in [0.25, 0.3) is 0 Å². The minimum atomic E-state index is -0.867. The molecule has 5 heteroatoms. The lowest BCUT2D eigenvalue weighted by Gasteiger charge is -2.24. The zero-order valence-corrected chi connectivity index (χ0v) is 13.1. The Morgan fingerprint density at radius 3 is 2.56 bits per heavy atom. The number of carboxylic acid groups (broad SMARTS) is 1. The summed E-state index contributed by atoms with van der Waals surface area (Å²) >= 11 is 1.79. The van der Waals surface area contributed by atoms with Crippen molar-refractivity contribution in [1.29, 1.82) is 0 Å². The highest BCUT2D eigenvalue weighted by Gasteiger charge is 2.36. The first-order chi connectivity index (χ1) is 8.34. The molecule has 0 saturated carbocycles. The molecule has 0 radical (unpaired) electrons. The Morgan fingerprint density at radius 2 is 2.06 bits per heavy atom. The predicted octanol–water partition coefficient (Wildman–Crippen LogP) is 3.46. The molecule has 1 aliphatic rings. The maximum absolute atomic E-state index is 10.9. The van der Waals surface area contributed by atoms with Gasteiger partial charge < -0.3 is 13.5 Å². The van der Waals surface area contributed by atoms with Crippen LogP contribution in [0, 0.1) is 0 Å². The van der Waals surface area contributed by atoms with E-state index in [1.807, 2.05) is 6.07 Å². The molecule has 1 aromatic rings. The zero-order valence-electron chi connectivity index (χ0n) is 11.0. The second-order valence-electron chi connectivity index (χ2n) is 4.81. The van der Waals surface area contributed by atoms with Crippen LogP contribution in [0.5, 0.6) is 0 Å². The van der Waals surface area contributed by atoms with Gasteiger partial charge in [-0.05, 0) is 30.7 Å². The smallest absolute Gasteiger partial charge is 0.335 e. The van der Waals surface area contributed by atoms with E-state index < -0.39 is 5.97 Å². The monoisotopic (exact) mass is 363 g/mol. The van der Waals surface area contributed by atoms with Gasteiger partial charge in [-0.25, -0.2) is 4.79 Å². The Kier molecular flexibility index (Phi) is 4.98. The Labute approximate surface area is 121 Å². The van der Waals surface area contributed by atoms with E-state index in [1.54, 1.807) is 42.2 Å². The molecule has 0 bridgehead atoms. The minimum absolute atomic E-state index is 0.0131. The van der Waals surface area contributed by atoms with Gasteiger partial charge in [-0.1, -0.05) is 13.8 Å². The van der Waals surface area contributed by atoms with Crippen molar-refractivity contribution in [3.05, 3.63) is 29.3 Å². The van der Waals surface area contributed by atoms with Crippen LogP contribution in [0.15, 0.2) is 18.2 Å². The summed E-state index contributed by atoms with van der Waals surface area (Å²) in [6.07, 6.45) is 0. The van der Waals surface area contributed by atoms with Crippen molar-refractivity contribution < 1.29 is 13.0 Å². The molecule has 4 nitrogen and oxygen atoms in total. The number of anilines is 1. The Balaban J connectivity index is 0.000000492. The van der Waals surface area contributed by atoms with Gasteiger partial charge in [-0.3, -0.25) is 0 Å². The first-order valence-corrected chi connectivity index (χ1v) is 6.51. The second kappa shape index (κ2) is 5.88. The van der Waals surface area contributed by atoms with Gasteiger partial charge in [-0.15, -0.1) is 0 Å². The summed E-state index contributed by atoms with van der Waals surface area (Å²) in [6.45, 7) is 6.37. The maximum atomic E-state index is 10.9. The highest BCUT2D eigenvalue weighted by atomic mass is 127. The fourth-order valence-corrected chi connectivity index (χ4v) is 1.98. The fraction of sp³-hybridized carbons (Fsp3) is 0.462. The molecule has 0 aromatic heterocycles. The highest BCUT2D eigenvalue weighted by Crippen LogP contribution is 2.40. The molecule has 0 saturated heterocycles. The van der Waals surface area contributed by atoms with Crippen LogP contribution in [-0.2, 0) is 8.48 Å². The van der Waals surface area contributed by atoms with Crippen LogP contribution >= 0.6 is 23.0 Å². The van der Waals surface area contributed by atoms with Crippen molar-refractivity contribution >= 4 is 34.7 Å². The van der Waals surface area contributed by atoms with E-state index in [4.69, 9.17) is 5.11 Å². The molecular formula is C13H18INO3. The fourth-order valence-electron chi connectivity index (χ4n) is 1.98. The van der Waals surface area contributed by atoms with Gasteiger partial charge in [0.25, 0.3) is 0 Å². The van der Waals surface area contributed by atoms with Gasteiger partial charge in [0, 0.05) is 24.3 Å². The first kappa shape index (κ1) is 15.2. The van der Waals surface area contributed by atoms with Crippen molar-refractivity contribution in [2.75, 3.05) is 12.4 Å². The second-order valence-corrected chi connectivity index (χ2v) is 5.69. The topological polar surface area (TPSA) is 58.6 Å². The van der Waals surface area contributed by atoms with E-state index >= 15 is 0 Å². The van der Waals surface area contributed by atoms with Crippen LogP contribution in [0.2, 0.25) is 0 Å². The summed E-state index contributed by atoms with van der Waals surface area (Å²) in [7, 11) is 1.61. The summed E-state index contributed by atoms with van der Waals surface area (Å²) in [5, 5.41) is 12.3. The largest absolute Gasteiger partial charge is 0.478 e. The summed E-state index contributed by atoms with van der Waals surface area (Å²) < 4.78 is 4.22. The van der Waals surface area contributed by atoms with Crippen LogP contribution < -0.4 is 5.32 Å². The van der Waals surface area contributed by atoms with Crippen LogP contribution in [0.3, 0.4) is 0 Å². The molecule has 0 amide bonds. The molecule has 1 aliphatic heterocycles. The summed E-state index contributed by atoms with van der Waals surface area (Å²) in [5.74, 6) is -0.867. The van der Waals surface area contributed by atoms with Crippen LogP contribution in [-0.4, -0.2) is 24.2 Å². The number of halogens is 1. The zero-order chi connectivity index (χ0) is 13.9. The SMILES string of the molecule is CC1Nc2ccc(C(=O)O)cc2C1(C)C.COI. The quantitative estimate of drug-likeness (QED) is 0.751. The lowest BCUT2D eigenvalue weighted by Crippen LogP contribution is -2.29. The van der Waals surface area contributed by atoms with Gasteiger partial charge in [0.05, 0.1) is 5.56 Å². The Morgan fingerprint density at radius 1 is 1.50 bits per heavy atom. The van der Waals surface area contributed by atoms with Gasteiger partial charge in [0.15, 0.2) is 0 Å². The number of rotatable bonds is 1. The number of carboxylic acids is 1. The molecule has 1 atom stereocenters. The normalized spacial score (nSPS) is 19.3. The van der Waals surface area contributed by atoms with Gasteiger partial charge in [0.1, 0.15) is 23.0 Å². The number of benzene rings is 1. The third-order valence-electron chi connectivity index (χ3n) is 3.42. The molecule has 0 fully saturated rings. The number of aromatic carboxylic acids is 1. The van der Waals surface area contributed by atoms with Gasteiger partial charge >= 0.3 is 5.97 Å². The van der Waals surface area contributed by atoms with Crippen molar-refractivity contribution in [2.24, 2.45) is 0 Å². The van der Waals surface area contributed by atoms with E-state index in [2.05, 4.69) is 29.2 Å². The number of hydrogen-bond donors (Lipinski definition) is 2. The molecule has 1 aromatic carbocycles. The molecule has 0 spiro atoms. The summed E-state index contributed by atoms with van der Waals surface area (Å²) in [6, 6.07) is 5.59. The number of carbonyl (C=O) groups is 1. The van der Waals surface area contributed by atoms with Gasteiger partial charge in [0.2, 0.25) is 0 Å². The summed E-state index contributed by atoms with van der Waals surface area (Å²) in [4.78, 5) is 10.9. The molecule has 18 heavy (non-hydrogen) atoms. The lowest BCUT2D eigenvalue weighted by atomic mass is 9.81. The van der Waals surface area contributed by atoms with Crippen molar-refractivity contribution in [2.45, 2.75) is 32.2 Å². The average Bonchev–Trinajstić information content (AvgIpc) is 2.51. The van der Waals surface area contributed by atoms with E-state index in [1.165, 1.54) is 0 Å². The molecular weight excluding hydrogens is 345 g/mol. The van der Waals surface area contributed by atoms with E-state index in [9.17, 15) is 4.79 Å². The van der Waals surface area contributed by atoms with Crippen LogP contribution in [0.4, 0.5) is 5.69 Å². The van der Waals surface area contributed by atoms with E-state index in [0.29, 0.717) is 11.6 Å². The maximum Gasteiger partial charge on any atom is 0.335 e. The van der Waals surface area contributed by atoms with Gasteiger partial charge in [-0.2, -0.15) is 0 Å². The third kappa shape index (κ3) is 2.95. The lowest BCUT2D eigenvalue weighted by molar-refractivity contribution is 0.0697. The minimum Gasteiger partial charge on any atom is -0.478 e. The number of fused-ring (bicyclic) bond motifs is 1. The molecule has 1 unspecified atom stereocenters. The average molecular weight is 363 g/mol. The molecule has 0 aliphatic carbocycles. The van der Waals surface area contributed by atoms with Crippen molar-refractivity contribution in [1.82, 2.24) is 0 Å². The molecule has 2 N–H and O–H groups in total. The molecule has 2 rings (SSSR count). The Bertz CT molecular complexity index is 446. The highest BCUT2D eigenvalue weighted by molar-refractivity contribution is 14.1. The Hall–Kier alpha value is -0.820. The van der Waals surface area contributed by atoms with Crippen molar-refractivity contribution in [3.8, 4) is 0 Å². The molecule has 1 heterocycles. The predicted molar refractivity (Wildman–Crippen MR) is 80.5 cm³/mol.